The second kappa shape index (κ2) is 7.40. The number of benzene rings is 2. The van der Waals surface area contributed by atoms with Crippen LogP contribution in [0.25, 0.3) is 10.9 Å². The highest BCUT2D eigenvalue weighted by Crippen LogP contribution is 2.32. The molecule has 0 unspecified atom stereocenters. The summed E-state index contributed by atoms with van der Waals surface area (Å²) < 4.78 is 10.4. The van der Waals surface area contributed by atoms with Crippen LogP contribution in [0.2, 0.25) is 5.02 Å². The maximum atomic E-state index is 11.9. The molecule has 128 valence electrons. The number of nitrogens with one attached hydrogen (secondary N) is 1. The smallest absolute Gasteiger partial charge is 0.356 e. The molecule has 0 saturated carbocycles. The number of para-hydroxylation sites is 1. The zero-order valence-corrected chi connectivity index (χ0v) is 14.6. The van der Waals surface area contributed by atoms with Gasteiger partial charge in [-0.05, 0) is 43.3 Å². The van der Waals surface area contributed by atoms with Crippen LogP contribution in [0.3, 0.4) is 0 Å². The van der Waals surface area contributed by atoms with Crippen LogP contribution in [-0.4, -0.2) is 24.7 Å². The van der Waals surface area contributed by atoms with Gasteiger partial charge in [-0.15, -0.1) is 0 Å². The zero-order valence-electron chi connectivity index (χ0n) is 13.9. The highest BCUT2D eigenvalue weighted by atomic mass is 35.5. The highest BCUT2D eigenvalue weighted by molar-refractivity contribution is 6.33. The van der Waals surface area contributed by atoms with Gasteiger partial charge in [0, 0.05) is 5.39 Å². The summed E-state index contributed by atoms with van der Waals surface area (Å²) >= 11 is 6.24. The summed E-state index contributed by atoms with van der Waals surface area (Å²) in [7, 11) is 1.33. The number of anilines is 2. The van der Waals surface area contributed by atoms with Gasteiger partial charge in [-0.25, -0.2) is 9.78 Å². The Morgan fingerprint density at radius 3 is 2.68 bits per heavy atom. The average molecular weight is 357 g/mol. The minimum Gasteiger partial charge on any atom is -0.494 e. The van der Waals surface area contributed by atoms with E-state index >= 15 is 0 Å². The molecule has 2 aromatic carbocycles. The summed E-state index contributed by atoms with van der Waals surface area (Å²) in [5.74, 6) is 0.225. The molecule has 1 N–H and O–H groups in total. The van der Waals surface area contributed by atoms with Gasteiger partial charge in [-0.3, -0.25) is 0 Å². The number of carbonyl (C=O) groups excluding carboxylic acids is 1. The molecule has 3 rings (SSSR count). The average Bonchev–Trinajstić information content (AvgIpc) is 2.63. The van der Waals surface area contributed by atoms with Crippen LogP contribution in [0.4, 0.5) is 11.4 Å². The maximum absolute atomic E-state index is 11.9. The van der Waals surface area contributed by atoms with E-state index < -0.39 is 5.97 Å². The molecule has 0 spiro atoms. The molecule has 1 aromatic heterocycles. The number of rotatable bonds is 5. The van der Waals surface area contributed by atoms with Crippen molar-refractivity contribution in [3.63, 3.8) is 0 Å². The quantitative estimate of drug-likeness (QED) is 0.664. The van der Waals surface area contributed by atoms with Crippen molar-refractivity contribution in [1.82, 2.24) is 4.98 Å². The van der Waals surface area contributed by atoms with E-state index in [4.69, 9.17) is 21.1 Å². The van der Waals surface area contributed by atoms with Crippen LogP contribution >= 0.6 is 11.6 Å². The first-order valence-corrected chi connectivity index (χ1v) is 8.17. The number of hydrogen-bond acceptors (Lipinski definition) is 5. The van der Waals surface area contributed by atoms with Crippen molar-refractivity contribution < 1.29 is 14.3 Å². The van der Waals surface area contributed by atoms with Crippen molar-refractivity contribution in [2.45, 2.75) is 6.92 Å². The molecule has 25 heavy (non-hydrogen) atoms. The molecular weight excluding hydrogens is 340 g/mol. The summed E-state index contributed by atoms with van der Waals surface area (Å²) in [5, 5.41) is 4.66. The van der Waals surface area contributed by atoms with Crippen LogP contribution in [0.15, 0.2) is 48.5 Å². The first kappa shape index (κ1) is 17.0. The topological polar surface area (TPSA) is 60.5 Å². The largest absolute Gasteiger partial charge is 0.494 e. The van der Waals surface area contributed by atoms with E-state index in [1.165, 1.54) is 7.11 Å². The third-order valence-corrected chi connectivity index (χ3v) is 3.96. The molecule has 5 nitrogen and oxygen atoms in total. The van der Waals surface area contributed by atoms with Crippen molar-refractivity contribution in [1.29, 1.82) is 0 Å². The molecule has 0 amide bonds. The normalized spacial score (nSPS) is 10.5. The van der Waals surface area contributed by atoms with Gasteiger partial charge in [0.25, 0.3) is 0 Å². The monoisotopic (exact) mass is 356 g/mol. The minimum atomic E-state index is -0.502. The minimum absolute atomic E-state index is 0.216. The number of carbonyl (C=O) groups is 1. The van der Waals surface area contributed by atoms with Crippen molar-refractivity contribution in [2.24, 2.45) is 0 Å². The summed E-state index contributed by atoms with van der Waals surface area (Å²) in [6.07, 6.45) is 0. The van der Waals surface area contributed by atoms with E-state index in [0.29, 0.717) is 22.8 Å². The van der Waals surface area contributed by atoms with Crippen molar-refractivity contribution in [3.8, 4) is 5.75 Å². The van der Waals surface area contributed by atoms with Crippen LogP contribution in [-0.2, 0) is 4.74 Å². The van der Waals surface area contributed by atoms with Gasteiger partial charge < -0.3 is 14.8 Å². The SMILES string of the molecule is CCOc1ccc2nc(C(=O)OC)cc(Nc3ccccc3Cl)c2c1. The first-order chi connectivity index (χ1) is 12.1. The van der Waals surface area contributed by atoms with E-state index in [1.807, 2.05) is 43.3 Å². The molecule has 0 saturated heterocycles. The molecule has 1 heterocycles. The summed E-state index contributed by atoms with van der Waals surface area (Å²) in [4.78, 5) is 16.3. The Bertz CT molecular complexity index is 928. The Morgan fingerprint density at radius 2 is 1.96 bits per heavy atom. The van der Waals surface area contributed by atoms with E-state index in [9.17, 15) is 4.79 Å². The lowest BCUT2D eigenvalue weighted by atomic mass is 10.1. The molecule has 0 aliphatic rings. The van der Waals surface area contributed by atoms with E-state index in [-0.39, 0.29) is 5.69 Å². The Labute approximate surface area is 150 Å². The van der Waals surface area contributed by atoms with E-state index in [0.717, 1.165) is 16.8 Å². The Morgan fingerprint density at radius 1 is 1.16 bits per heavy atom. The maximum Gasteiger partial charge on any atom is 0.356 e. The van der Waals surface area contributed by atoms with Gasteiger partial charge >= 0.3 is 5.97 Å². The van der Waals surface area contributed by atoms with Crippen LogP contribution < -0.4 is 10.1 Å². The van der Waals surface area contributed by atoms with Gasteiger partial charge in [0.1, 0.15) is 5.75 Å². The fourth-order valence-electron chi connectivity index (χ4n) is 2.48. The fourth-order valence-corrected chi connectivity index (χ4v) is 2.66. The fraction of sp³-hybridized carbons (Fsp3) is 0.158. The third kappa shape index (κ3) is 3.67. The number of nitrogens with zero attached hydrogens (tertiary/aromatic N) is 1. The van der Waals surface area contributed by atoms with Crippen LogP contribution in [0.1, 0.15) is 17.4 Å². The summed E-state index contributed by atoms with van der Waals surface area (Å²) in [5.41, 5.74) is 2.30. The van der Waals surface area contributed by atoms with Gasteiger partial charge in [-0.1, -0.05) is 23.7 Å². The molecule has 0 fully saturated rings. The number of pyridine rings is 1. The molecule has 0 bridgehead atoms. The Balaban J connectivity index is 2.15. The number of hydrogen-bond donors (Lipinski definition) is 1. The van der Waals surface area contributed by atoms with Crippen LogP contribution in [0.5, 0.6) is 5.75 Å². The molecule has 0 aliphatic carbocycles. The highest BCUT2D eigenvalue weighted by Gasteiger charge is 2.14. The Hall–Kier alpha value is -2.79. The lowest BCUT2D eigenvalue weighted by molar-refractivity contribution is 0.0594. The molecular formula is C19H17ClN2O3. The van der Waals surface area contributed by atoms with Gasteiger partial charge in [0.15, 0.2) is 5.69 Å². The third-order valence-electron chi connectivity index (χ3n) is 3.63. The second-order valence-electron chi connectivity index (χ2n) is 5.26. The second-order valence-corrected chi connectivity index (χ2v) is 5.67. The molecule has 3 aromatic rings. The first-order valence-electron chi connectivity index (χ1n) is 7.80. The molecule has 0 radical (unpaired) electrons. The Kier molecular flexibility index (Phi) is 5.05. The number of esters is 1. The number of methoxy groups -OCH3 is 1. The zero-order chi connectivity index (χ0) is 17.8. The lowest BCUT2D eigenvalue weighted by Crippen LogP contribution is -2.06. The van der Waals surface area contributed by atoms with E-state index in [2.05, 4.69) is 10.3 Å². The number of ether oxygens (including phenoxy) is 2. The predicted molar refractivity (Wildman–Crippen MR) is 99.0 cm³/mol. The molecule has 6 heteroatoms. The predicted octanol–water partition coefficient (Wildman–Crippen LogP) is 4.82. The van der Waals surface area contributed by atoms with Crippen molar-refractivity contribution in [3.05, 3.63) is 59.2 Å². The van der Waals surface area contributed by atoms with Gasteiger partial charge in [0.2, 0.25) is 0 Å². The summed E-state index contributed by atoms with van der Waals surface area (Å²) in [6.45, 7) is 2.48. The van der Waals surface area contributed by atoms with Crippen molar-refractivity contribution >= 4 is 39.8 Å². The lowest BCUT2D eigenvalue weighted by Gasteiger charge is -2.13. The van der Waals surface area contributed by atoms with Gasteiger partial charge in [-0.2, -0.15) is 0 Å². The number of aromatic nitrogens is 1. The van der Waals surface area contributed by atoms with Gasteiger partial charge in [0.05, 0.1) is 35.6 Å². The standard InChI is InChI=1S/C19H17ClN2O3/c1-3-25-12-8-9-15-13(10-12)17(11-18(21-15)19(23)24-2)22-16-7-5-4-6-14(16)20/h4-11H,3H2,1-2H3,(H,21,22). The summed E-state index contributed by atoms with van der Waals surface area (Å²) in [6, 6.07) is 14.5. The molecule has 0 aliphatic heterocycles. The number of halogens is 1. The van der Waals surface area contributed by atoms with E-state index in [1.54, 1.807) is 12.1 Å². The van der Waals surface area contributed by atoms with Crippen LogP contribution in [0, 0.1) is 0 Å². The van der Waals surface area contributed by atoms with Crippen molar-refractivity contribution in [2.75, 3.05) is 19.0 Å². The number of fused-ring (bicyclic) bond motifs is 1. The molecule has 0 atom stereocenters.